The zero-order valence-corrected chi connectivity index (χ0v) is 10.2. The zero-order valence-electron chi connectivity index (χ0n) is 10.2. The molecule has 4 atom stereocenters. The fourth-order valence-corrected chi connectivity index (χ4v) is 4.44. The number of hydrogen-bond acceptors (Lipinski definition) is 0. The highest BCUT2D eigenvalue weighted by Gasteiger charge is 2.63. The van der Waals surface area contributed by atoms with Gasteiger partial charge < -0.3 is 0 Å². The molecule has 0 heterocycles. The van der Waals surface area contributed by atoms with Crippen molar-refractivity contribution in [1.82, 2.24) is 0 Å². The first-order valence-electron chi connectivity index (χ1n) is 6.38. The lowest BCUT2D eigenvalue weighted by atomic mass is 9.80. The number of rotatable bonds is 0. The molecule has 0 spiro atoms. The van der Waals surface area contributed by atoms with Gasteiger partial charge in [-0.05, 0) is 55.3 Å². The summed E-state index contributed by atoms with van der Waals surface area (Å²) in [5.41, 5.74) is 3.81. The van der Waals surface area contributed by atoms with Crippen LogP contribution in [0.5, 0.6) is 0 Å². The average molecular weight is 202 g/mol. The molecule has 0 aliphatic heterocycles. The first-order valence-corrected chi connectivity index (χ1v) is 6.38. The van der Waals surface area contributed by atoms with Crippen molar-refractivity contribution in [3.8, 4) is 0 Å². The van der Waals surface area contributed by atoms with Gasteiger partial charge in [-0.3, -0.25) is 0 Å². The van der Waals surface area contributed by atoms with Gasteiger partial charge >= 0.3 is 0 Å². The van der Waals surface area contributed by atoms with Crippen molar-refractivity contribution in [1.29, 1.82) is 0 Å². The van der Waals surface area contributed by atoms with Crippen molar-refractivity contribution in [2.24, 2.45) is 29.1 Å². The van der Waals surface area contributed by atoms with E-state index in [2.05, 4.69) is 33.4 Å². The van der Waals surface area contributed by atoms with Crippen molar-refractivity contribution in [3.63, 3.8) is 0 Å². The van der Waals surface area contributed by atoms with E-state index in [1.54, 1.807) is 5.57 Å². The van der Waals surface area contributed by atoms with E-state index in [0.29, 0.717) is 5.41 Å². The molecule has 3 rings (SSSR count). The highest BCUT2D eigenvalue weighted by atomic mass is 14.7. The third kappa shape index (κ3) is 1.14. The summed E-state index contributed by atoms with van der Waals surface area (Å²) < 4.78 is 0. The lowest BCUT2D eigenvalue weighted by Gasteiger charge is -2.24. The number of hydrogen-bond donors (Lipinski definition) is 0. The van der Waals surface area contributed by atoms with Gasteiger partial charge in [-0.15, -0.1) is 0 Å². The van der Waals surface area contributed by atoms with Crippen LogP contribution in [-0.2, 0) is 0 Å². The topological polar surface area (TPSA) is 0 Å². The Morgan fingerprint density at radius 3 is 2.87 bits per heavy atom. The van der Waals surface area contributed by atoms with Gasteiger partial charge in [0, 0.05) is 0 Å². The summed E-state index contributed by atoms with van der Waals surface area (Å²) in [6, 6.07) is 0. The summed E-state index contributed by atoms with van der Waals surface area (Å²) in [6.45, 7) is 11.6. The molecule has 0 bridgehead atoms. The molecule has 3 aliphatic rings. The predicted molar refractivity (Wildman–Crippen MR) is 64.5 cm³/mol. The predicted octanol–water partition coefficient (Wildman–Crippen LogP) is 4.19. The second-order valence-electron chi connectivity index (χ2n) is 6.47. The summed E-state index contributed by atoms with van der Waals surface area (Å²) in [4.78, 5) is 0. The van der Waals surface area contributed by atoms with Crippen LogP contribution in [0.15, 0.2) is 23.8 Å². The second kappa shape index (κ2) is 2.78. The fraction of sp³-hybridized carbons (Fsp3) is 0.733. The van der Waals surface area contributed by atoms with Crippen molar-refractivity contribution in [2.75, 3.05) is 0 Å². The highest BCUT2D eigenvalue weighted by Crippen LogP contribution is 2.69. The zero-order chi connectivity index (χ0) is 10.8. The van der Waals surface area contributed by atoms with E-state index in [4.69, 9.17) is 0 Å². The average Bonchev–Trinajstić information content (AvgIpc) is 2.55. The Hall–Kier alpha value is -0.520. The van der Waals surface area contributed by atoms with E-state index >= 15 is 0 Å². The molecular weight excluding hydrogens is 180 g/mol. The van der Waals surface area contributed by atoms with E-state index in [1.807, 2.05) is 0 Å². The molecule has 0 heteroatoms. The highest BCUT2D eigenvalue weighted by molar-refractivity contribution is 5.29. The summed E-state index contributed by atoms with van der Waals surface area (Å²) in [5.74, 6) is 3.58. The van der Waals surface area contributed by atoms with E-state index in [-0.39, 0.29) is 0 Å². The molecule has 0 aromatic heterocycles. The standard InChI is InChI=1S/C15H22/c1-9-6-8-12-14(15(12,3)4)13-10(2)5-7-11(9)13/h5,11-14H,1,6-8H2,2-4H3/t11-,12+,13-,14+/m0/s1. The lowest BCUT2D eigenvalue weighted by molar-refractivity contribution is 0.366. The van der Waals surface area contributed by atoms with Crippen LogP contribution in [0.3, 0.4) is 0 Å². The van der Waals surface area contributed by atoms with Gasteiger partial charge in [0.2, 0.25) is 0 Å². The lowest BCUT2D eigenvalue weighted by Crippen LogP contribution is -2.16. The molecule has 0 unspecified atom stereocenters. The number of fused-ring (bicyclic) bond motifs is 3. The Labute approximate surface area is 93.5 Å². The minimum atomic E-state index is 0.614. The smallest absolute Gasteiger partial charge is 0.0101 e. The Bertz CT molecular complexity index is 345. The molecule has 82 valence electrons. The third-order valence-electron chi connectivity index (χ3n) is 5.48. The Morgan fingerprint density at radius 1 is 1.40 bits per heavy atom. The van der Waals surface area contributed by atoms with Gasteiger partial charge in [-0.2, -0.15) is 0 Å². The van der Waals surface area contributed by atoms with Crippen molar-refractivity contribution < 1.29 is 0 Å². The molecule has 2 saturated carbocycles. The molecule has 0 aromatic carbocycles. The van der Waals surface area contributed by atoms with Gasteiger partial charge in [0.05, 0.1) is 0 Å². The van der Waals surface area contributed by atoms with Crippen molar-refractivity contribution >= 4 is 0 Å². The maximum atomic E-state index is 4.32. The second-order valence-corrected chi connectivity index (χ2v) is 6.47. The van der Waals surface area contributed by atoms with Gasteiger partial charge in [-0.25, -0.2) is 0 Å². The Kier molecular flexibility index (Phi) is 1.80. The minimum absolute atomic E-state index is 0.614. The molecule has 0 saturated heterocycles. The molecule has 3 aliphatic carbocycles. The van der Waals surface area contributed by atoms with Crippen LogP contribution in [0.25, 0.3) is 0 Å². The van der Waals surface area contributed by atoms with Crippen molar-refractivity contribution in [3.05, 3.63) is 23.8 Å². The molecule has 0 amide bonds. The molecule has 0 N–H and O–H groups in total. The maximum Gasteiger partial charge on any atom is -0.0101 e. The van der Waals surface area contributed by atoms with Crippen LogP contribution < -0.4 is 0 Å². The van der Waals surface area contributed by atoms with Gasteiger partial charge in [0.15, 0.2) is 0 Å². The summed E-state index contributed by atoms with van der Waals surface area (Å²) in [7, 11) is 0. The van der Waals surface area contributed by atoms with Crippen LogP contribution >= 0.6 is 0 Å². The Balaban J connectivity index is 1.96. The molecular formula is C15H22. The van der Waals surface area contributed by atoms with E-state index < -0.39 is 0 Å². The third-order valence-corrected chi connectivity index (χ3v) is 5.48. The first kappa shape index (κ1) is 9.69. The fourth-order valence-electron chi connectivity index (χ4n) is 4.44. The first-order chi connectivity index (χ1) is 7.03. The summed E-state index contributed by atoms with van der Waals surface area (Å²) in [5, 5.41) is 0. The molecule has 2 fully saturated rings. The largest absolute Gasteiger partial charge is 0.0995 e. The summed E-state index contributed by atoms with van der Waals surface area (Å²) >= 11 is 0. The molecule has 0 nitrogen and oxygen atoms in total. The quantitative estimate of drug-likeness (QED) is 0.517. The van der Waals surface area contributed by atoms with Crippen LogP contribution in [0.4, 0.5) is 0 Å². The Morgan fingerprint density at radius 2 is 2.13 bits per heavy atom. The van der Waals surface area contributed by atoms with Crippen LogP contribution in [0, 0.1) is 29.1 Å². The normalized spacial score (nSPS) is 46.6. The van der Waals surface area contributed by atoms with E-state index in [0.717, 1.165) is 23.7 Å². The molecule has 0 aromatic rings. The van der Waals surface area contributed by atoms with Gasteiger partial charge in [0.25, 0.3) is 0 Å². The van der Waals surface area contributed by atoms with Crippen LogP contribution in [0.1, 0.15) is 40.0 Å². The van der Waals surface area contributed by atoms with E-state index in [9.17, 15) is 0 Å². The minimum Gasteiger partial charge on any atom is -0.0995 e. The van der Waals surface area contributed by atoms with Gasteiger partial charge in [0.1, 0.15) is 0 Å². The van der Waals surface area contributed by atoms with E-state index in [1.165, 1.54) is 24.8 Å². The van der Waals surface area contributed by atoms with Crippen LogP contribution in [0.2, 0.25) is 0 Å². The molecule has 15 heavy (non-hydrogen) atoms. The SMILES string of the molecule is C=C1CC[C@@H]2[C@H]([C@H]3C(C)=CC[C@@H]13)C2(C)C. The molecule has 0 radical (unpaired) electrons. The number of allylic oxidation sites excluding steroid dienone is 3. The summed E-state index contributed by atoms with van der Waals surface area (Å²) in [6.07, 6.45) is 6.43. The monoisotopic (exact) mass is 202 g/mol. The van der Waals surface area contributed by atoms with Crippen molar-refractivity contribution in [2.45, 2.75) is 40.0 Å². The maximum absolute atomic E-state index is 4.32. The van der Waals surface area contributed by atoms with Crippen LogP contribution in [-0.4, -0.2) is 0 Å². The van der Waals surface area contributed by atoms with Gasteiger partial charge in [-0.1, -0.05) is 37.6 Å².